The topological polar surface area (TPSA) is 112 Å². The lowest BCUT2D eigenvalue weighted by molar-refractivity contribution is -0.0258. The van der Waals surface area contributed by atoms with Crippen molar-refractivity contribution in [1.82, 2.24) is 4.47 Å². The Labute approximate surface area is 156 Å². The minimum atomic E-state index is -3.90. The Bertz CT molecular complexity index is 919. The molecule has 0 fully saturated rings. The zero-order valence-corrected chi connectivity index (χ0v) is 15.8. The Hall–Kier alpha value is -2.69. The summed E-state index contributed by atoms with van der Waals surface area (Å²) in [5.41, 5.74) is 0.174. The van der Waals surface area contributed by atoms with Gasteiger partial charge in [0.05, 0.1) is 30.4 Å². The number of hydrogen-bond donors (Lipinski definition) is 0. The first-order valence-corrected chi connectivity index (χ1v) is 9.29. The Morgan fingerprint density at radius 1 is 1.15 bits per heavy atom. The molecule has 2 aromatic rings. The smallest absolute Gasteiger partial charge is 0.341 e. The molecule has 0 saturated heterocycles. The first-order valence-electron chi connectivity index (χ1n) is 7.85. The number of esters is 2. The molecular weight excluding hydrogens is 378 g/mol. The molecule has 9 nitrogen and oxygen atoms in total. The van der Waals surface area contributed by atoms with E-state index in [-0.39, 0.29) is 35.0 Å². The summed E-state index contributed by atoms with van der Waals surface area (Å²) in [6, 6.07) is 6.72. The molecule has 1 aromatic heterocycles. The van der Waals surface area contributed by atoms with Crippen LogP contribution >= 0.6 is 0 Å². The normalized spacial score (nSPS) is 11.4. The van der Waals surface area contributed by atoms with E-state index in [1.165, 1.54) is 50.8 Å². The number of carbonyl (C=O) groups is 2. The summed E-state index contributed by atoms with van der Waals surface area (Å²) in [7, 11) is -1.47. The van der Waals surface area contributed by atoms with Crippen molar-refractivity contribution in [3.8, 4) is 0 Å². The predicted octanol–water partition coefficient (Wildman–Crippen LogP) is 2.00. The molecule has 0 bridgehead atoms. The van der Waals surface area contributed by atoms with Gasteiger partial charge in [0.25, 0.3) is 10.0 Å². The summed E-state index contributed by atoms with van der Waals surface area (Å²) in [5.74, 6) is -1.24. The quantitative estimate of drug-likeness (QED) is 0.491. The summed E-state index contributed by atoms with van der Waals surface area (Å²) in [4.78, 5) is 28.6. The first-order chi connectivity index (χ1) is 12.8. The molecule has 0 aliphatic carbocycles. The molecule has 0 atom stereocenters. The van der Waals surface area contributed by atoms with E-state index in [9.17, 15) is 18.0 Å². The van der Waals surface area contributed by atoms with Crippen molar-refractivity contribution < 1.29 is 36.7 Å². The van der Waals surface area contributed by atoms with Gasteiger partial charge in [-0.2, -0.15) is 0 Å². The number of nitrogens with zero attached hydrogens (tertiary/aromatic N) is 1. The summed E-state index contributed by atoms with van der Waals surface area (Å²) in [6.45, 7) is 1.55. The Balaban J connectivity index is 2.13. The summed E-state index contributed by atoms with van der Waals surface area (Å²) in [5, 5.41) is 0. The Morgan fingerprint density at radius 2 is 1.89 bits per heavy atom. The Morgan fingerprint density at radius 3 is 2.56 bits per heavy atom. The van der Waals surface area contributed by atoms with E-state index in [1.54, 1.807) is 6.92 Å². The van der Waals surface area contributed by atoms with Crippen molar-refractivity contribution in [1.29, 1.82) is 0 Å². The molecule has 0 unspecified atom stereocenters. The maximum absolute atomic E-state index is 12.2. The zero-order chi connectivity index (χ0) is 20.0. The molecule has 27 heavy (non-hydrogen) atoms. The van der Waals surface area contributed by atoms with Gasteiger partial charge < -0.3 is 13.9 Å². The highest BCUT2D eigenvalue weighted by Gasteiger charge is 2.23. The highest BCUT2D eigenvalue weighted by atomic mass is 32.2. The van der Waals surface area contributed by atoms with Crippen LogP contribution in [0.5, 0.6) is 0 Å². The third kappa shape index (κ3) is 4.73. The number of rotatable bonds is 8. The lowest BCUT2D eigenvalue weighted by Gasteiger charge is -2.14. The average molecular weight is 397 g/mol. The fraction of sp³-hybridized carbons (Fsp3) is 0.294. The Kier molecular flexibility index (Phi) is 6.72. The number of ether oxygens (including phenoxy) is 2. The van der Waals surface area contributed by atoms with Crippen LogP contribution in [0.25, 0.3) is 0 Å². The van der Waals surface area contributed by atoms with Gasteiger partial charge in [-0.25, -0.2) is 18.0 Å². The van der Waals surface area contributed by atoms with E-state index in [1.807, 2.05) is 0 Å². The van der Waals surface area contributed by atoms with Crippen molar-refractivity contribution in [3.05, 3.63) is 53.5 Å². The number of hydroxylamine groups is 1. The van der Waals surface area contributed by atoms with Crippen LogP contribution in [0, 0.1) is 0 Å². The SMILES string of the molecule is CCOC(=O)c1ccoc1COC(=O)c1cccc(S(=O)(=O)N(C)OC)c1. The molecule has 0 N–H and O–H groups in total. The summed E-state index contributed by atoms with van der Waals surface area (Å²) < 4.78 is 40.3. The minimum absolute atomic E-state index is 0.0184. The molecule has 0 amide bonds. The van der Waals surface area contributed by atoms with Crippen LogP contribution in [0.1, 0.15) is 33.4 Å². The van der Waals surface area contributed by atoms with Gasteiger partial charge in [0.1, 0.15) is 5.56 Å². The highest BCUT2D eigenvalue weighted by Crippen LogP contribution is 2.18. The second-order valence-corrected chi connectivity index (χ2v) is 7.11. The fourth-order valence-corrected chi connectivity index (χ4v) is 3.11. The number of benzene rings is 1. The molecule has 146 valence electrons. The molecule has 0 spiro atoms. The molecule has 0 saturated carbocycles. The average Bonchev–Trinajstić information content (AvgIpc) is 3.14. The van der Waals surface area contributed by atoms with Crippen LogP contribution in [-0.2, 0) is 30.9 Å². The summed E-state index contributed by atoms with van der Waals surface area (Å²) >= 11 is 0. The second kappa shape index (κ2) is 8.80. The van der Waals surface area contributed by atoms with Crippen LogP contribution in [0.3, 0.4) is 0 Å². The minimum Gasteiger partial charge on any atom is -0.465 e. The van der Waals surface area contributed by atoms with Crippen LogP contribution in [0.4, 0.5) is 0 Å². The summed E-state index contributed by atoms with van der Waals surface area (Å²) in [6.07, 6.45) is 1.28. The van der Waals surface area contributed by atoms with E-state index < -0.39 is 22.0 Å². The zero-order valence-electron chi connectivity index (χ0n) is 15.0. The van der Waals surface area contributed by atoms with Crippen molar-refractivity contribution in [2.24, 2.45) is 0 Å². The van der Waals surface area contributed by atoms with Crippen molar-refractivity contribution in [3.63, 3.8) is 0 Å². The van der Waals surface area contributed by atoms with Gasteiger partial charge in [-0.05, 0) is 31.2 Å². The maximum atomic E-state index is 12.2. The highest BCUT2D eigenvalue weighted by molar-refractivity contribution is 7.89. The first kappa shape index (κ1) is 20.6. The van der Waals surface area contributed by atoms with E-state index >= 15 is 0 Å². The van der Waals surface area contributed by atoms with Gasteiger partial charge in [-0.15, -0.1) is 0 Å². The van der Waals surface area contributed by atoms with Crippen LogP contribution in [0.2, 0.25) is 0 Å². The van der Waals surface area contributed by atoms with E-state index in [0.29, 0.717) is 4.47 Å². The molecule has 1 aromatic carbocycles. The van der Waals surface area contributed by atoms with Gasteiger partial charge in [0.2, 0.25) is 0 Å². The number of carbonyl (C=O) groups excluding carboxylic acids is 2. The number of sulfonamides is 1. The van der Waals surface area contributed by atoms with Crippen LogP contribution < -0.4 is 0 Å². The molecule has 2 rings (SSSR count). The van der Waals surface area contributed by atoms with Gasteiger partial charge in [0, 0.05) is 7.05 Å². The van der Waals surface area contributed by atoms with Crippen molar-refractivity contribution in [2.45, 2.75) is 18.4 Å². The maximum Gasteiger partial charge on any atom is 0.341 e. The molecular formula is C17H19NO8S. The monoisotopic (exact) mass is 397 g/mol. The van der Waals surface area contributed by atoms with Crippen molar-refractivity contribution in [2.75, 3.05) is 20.8 Å². The molecule has 0 radical (unpaired) electrons. The van der Waals surface area contributed by atoms with Crippen LogP contribution in [-0.4, -0.2) is 45.6 Å². The standard InChI is InChI=1S/C17H19NO8S/c1-4-24-17(20)14-8-9-25-15(14)11-26-16(19)12-6-5-7-13(10-12)27(21,22)18(2)23-3/h5-10H,4,11H2,1-3H3. The van der Waals surface area contributed by atoms with Crippen molar-refractivity contribution >= 4 is 22.0 Å². The van der Waals surface area contributed by atoms with E-state index in [2.05, 4.69) is 0 Å². The van der Waals surface area contributed by atoms with Crippen LogP contribution in [0.15, 0.2) is 45.9 Å². The molecule has 0 aliphatic rings. The largest absolute Gasteiger partial charge is 0.465 e. The number of hydrogen-bond acceptors (Lipinski definition) is 8. The van der Waals surface area contributed by atoms with Gasteiger partial charge in [-0.1, -0.05) is 10.5 Å². The van der Waals surface area contributed by atoms with E-state index in [0.717, 1.165) is 0 Å². The van der Waals surface area contributed by atoms with Gasteiger partial charge >= 0.3 is 11.9 Å². The third-order valence-electron chi connectivity index (χ3n) is 3.54. The predicted molar refractivity (Wildman–Crippen MR) is 92.2 cm³/mol. The molecule has 10 heteroatoms. The lowest BCUT2D eigenvalue weighted by atomic mass is 10.2. The van der Waals surface area contributed by atoms with E-state index in [4.69, 9.17) is 18.7 Å². The van der Waals surface area contributed by atoms with Gasteiger partial charge in [0.15, 0.2) is 12.4 Å². The van der Waals surface area contributed by atoms with Gasteiger partial charge in [-0.3, -0.25) is 4.84 Å². The lowest BCUT2D eigenvalue weighted by Crippen LogP contribution is -2.25. The second-order valence-electron chi connectivity index (χ2n) is 5.18. The fourth-order valence-electron chi connectivity index (χ4n) is 2.09. The molecule has 0 aliphatic heterocycles. The number of furan rings is 1. The molecule has 1 heterocycles. The third-order valence-corrected chi connectivity index (χ3v) is 5.21.